The smallest absolute Gasteiger partial charge is 0.263 e. The summed E-state index contributed by atoms with van der Waals surface area (Å²) in [5.41, 5.74) is 1.67. The molecular formula is C21H25N3O2S. The van der Waals surface area contributed by atoms with Crippen molar-refractivity contribution >= 4 is 27.5 Å². The highest BCUT2D eigenvalue weighted by Gasteiger charge is 2.15. The topological polar surface area (TPSA) is 64.0 Å². The maximum atomic E-state index is 13.0. The molecule has 0 bridgehead atoms. The Labute approximate surface area is 163 Å². The van der Waals surface area contributed by atoms with Gasteiger partial charge in [-0.2, -0.15) is 0 Å². The summed E-state index contributed by atoms with van der Waals surface area (Å²) in [6, 6.07) is 9.87. The van der Waals surface area contributed by atoms with Crippen molar-refractivity contribution in [2.24, 2.45) is 5.92 Å². The lowest BCUT2D eigenvalue weighted by Crippen LogP contribution is -2.37. The van der Waals surface area contributed by atoms with E-state index in [-0.39, 0.29) is 24.1 Å². The third-order valence-corrected chi connectivity index (χ3v) is 5.43. The van der Waals surface area contributed by atoms with Crippen LogP contribution in [0.2, 0.25) is 0 Å². The molecule has 0 saturated carbocycles. The van der Waals surface area contributed by atoms with Crippen molar-refractivity contribution in [2.75, 3.05) is 0 Å². The molecule has 6 heteroatoms. The van der Waals surface area contributed by atoms with Crippen LogP contribution in [0.1, 0.15) is 33.6 Å². The van der Waals surface area contributed by atoms with E-state index in [0.717, 1.165) is 24.0 Å². The number of nitrogens with zero attached hydrogens (tertiary/aromatic N) is 2. The number of carbonyl (C=O) groups excluding carboxylic acids is 1. The average Bonchev–Trinajstić information content (AvgIpc) is 3.08. The lowest BCUT2D eigenvalue weighted by atomic mass is 10.0. The van der Waals surface area contributed by atoms with Crippen molar-refractivity contribution in [1.29, 1.82) is 0 Å². The van der Waals surface area contributed by atoms with Gasteiger partial charge in [0.2, 0.25) is 5.91 Å². The molecule has 0 unspecified atom stereocenters. The molecule has 1 N–H and O–H groups in total. The summed E-state index contributed by atoms with van der Waals surface area (Å²) in [6.45, 7) is 6.31. The highest BCUT2D eigenvalue weighted by molar-refractivity contribution is 7.17. The molecule has 0 spiro atoms. The van der Waals surface area contributed by atoms with Crippen LogP contribution in [0.15, 0.2) is 46.8 Å². The molecular weight excluding hydrogens is 358 g/mol. The summed E-state index contributed by atoms with van der Waals surface area (Å²) in [4.78, 5) is 30.4. The van der Waals surface area contributed by atoms with Crippen molar-refractivity contribution in [2.45, 2.75) is 46.2 Å². The van der Waals surface area contributed by atoms with E-state index in [9.17, 15) is 9.59 Å². The quantitative estimate of drug-likeness (QED) is 0.669. The van der Waals surface area contributed by atoms with Crippen LogP contribution in [0.4, 0.5) is 0 Å². The molecule has 142 valence electrons. The highest BCUT2D eigenvalue weighted by Crippen LogP contribution is 2.30. The number of rotatable bonds is 7. The minimum atomic E-state index is -0.176. The van der Waals surface area contributed by atoms with Gasteiger partial charge in [0.1, 0.15) is 11.4 Å². The number of hydrogen-bond donors (Lipinski definition) is 1. The van der Waals surface area contributed by atoms with Gasteiger partial charge < -0.3 is 5.32 Å². The molecule has 1 amide bonds. The number of amides is 1. The summed E-state index contributed by atoms with van der Waals surface area (Å²) in [5, 5.41) is 5.50. The van der Waals surface area contributed by atoms with Crippen molar-refractivity contribution in [3.05, 3.63) is 52.4 Å². The minimum absolute atomic E-state index is 0.0160. The predicted octanol–water partition coefficient (Wildman–Crippen LogP) is 4.07. The van der Waals surface area contributed by atoms with Gasteiger partial charge >= 0.3 is 0 Å². The molecule has 0 radical (unpaired) electrons. The van der Waals surface area contributed by atoms with Crippen LogP contribution in [-0.2, 0) is 11.3 Å². The summed E-state index contributed by atoms with van der Waals surface area (Å²) < 4.78 is 1.39. The number of thiophene rings is 1. The molecule has 0 aliphatic heterocycles. The SMILES string of the molecule is CC(C)CC[C@@H](C)NC(=O)Cn1cnc2scc(-c3ccccc3)c2c1=O. The standard InChI is InChI=1S/C21H25N3O2S/c1-14(2)9-10-15(3)23-18(25)11-24-13-22-20-19(21(24)26)17(12-27-20)16-7-5-4-6-8-16/h4-8,12-15H,9-11H2,1-3H3,(H,23,25)/t15-/m1/s1. The van der Waals surface area contributed by atoms with E-state index >= 15 is 0 Å². The molecule has 2 heterocycles. The number of hydrogen-bond acceptors (Lipinski definition) is 4. The van der Waals surface area contributed by atoms with Gasteiger partial charge in [0, 0.05) is 17.0 Å². The summed E-state index contributed by atoms with van der Waals surface area (Å²) in [7, 11) is 0. The molecule has 0 saturated heterocycles. The third-order valence-electron chi connectivity index (χ3n) is 4.54. The van der Waals surface area contributed by atoms with Crippen molar-refractivity contribution in [3.63, 3.8) is 0 Å². The first-order chi connectivity index (χ1) is 13.0. The number of fused-ring (bicyclic) bond motifs is 1. The first kappa shape index (κ1) is 19.3. The Hall–Kier alpha value is -2.47. The van der Waals surface area contributed by atoms with Crippen LogP contribution in [0.5, 0.6) is 0 Å². The molecule has 0 aliphatic carbocycles. The van der Waals surface area contributed by atoms with Crippen LogP contribution >= 0.6 is 11.3 Å². The fourth-order valence-corrected chi connectivity index (χ4v) is 3.95. The van der Waals surface area contributed by atoms with Crippen molar-refractivity contribution in [1.82, 2.24) is 14.9 Å². The van der Waals surface area contributed by atoms with Gasteiger partial charge in [0.25, 0.3) is 5.56 Å². The average molecular weight is 384 g/mol. The highest BCUT2D eigenvalue weighted by atomic mass is 32.1. The Morgan fingerprint density at radius 3 is 2.63 bits per heavy atom. The molecule has 2 aromatic heterocycles. The first-order valence-electron chi connectivity index (χ1n) is 9.27. The van der Waals surface area contributed by atoms with Crippen LogP contribution in [-0.4, -0.2) is 21.5 Å². The van der Waals surface area contributed by atoms with Gasteiger partial charge in [-0.15, -0.1) is 11.3 Å². The Balaban J connectivity index is 1.81. The molecule has 1 atom stereocenters. The predicted molar refractivity (Wildman–Crippen MR) is 111 cm³/mol. The van der Waals surface area contributed by atoms with E-state index in [4.69, 9.17) is 0 Å². The molecule has 27 heavy (non-hydrogen) atoms. The number of benzene rings is 1. The van der Waals surface area contributed by atoms with Gasteiger partial charge in [-0.25, -0.2) is 4.98 Å². The van der Waals surface area contributed by atoms with Crippen LogP contribution < -0.4 is 10.9 Å². The van der Waals surface area contributed by atoms with Gasteiger partial charge in [0.15, 0.2) is 0 Å². The lowest BCUT2D eigenvalue weighted by molar-refractivity contribution is -0.122. The van der Waals surface area contributed by atoms with Crippen LogP contribution in [0.25, 0.3) is 21.3 Å². The minimum Gasteiger partial charge on any atom is -0.352 e. The van der Waals surface area contributed by atoms with Gasteiger partial charge in [-0.05, 0) is 31.2 Å². The van der Waals surface area contributed by atoms with E-state index in [1.165, 1.54) is 22.2 Å². The number of aromatic nitrogens is 2. The summed E-state index contributed by atoms with van der Waals surface area (Å²) >= 11 is 1.45. The molecule has 5 nitrogen and oxygen atoms in total. The fraction of sp³-hybridized carbons (Fsp3) is 0.381. The Morgan fingerprint density at radius 1 is 1.19 bits per heavy atom. The second-order valence-electron chi connectivity index (χ2n) is 7.31. The van der Waals surface area contributed by atoms with Gasteiger partial charge in [0.05, 0.1) is 11.7 Å². The molecule has 0 aliphatic rings. The van der Waals surface area contributed by atoms with E-state index in [1.54, 1.807) is 0 Å². The molecule has 3 aromatic rings. The van der Waals surface area contributed by atoms with E-state index in [2.05, 4.69) is 24.1 Å². The lowest BCUT2D eigenvalue weighted by Gasteiger charge is -2.15. The summed E-state index contributed by atoms with van der Waals surface area (Å²) in [5.74, 6) is 0.444. The Morgan fingerprint density at radius 2 is 1.93 bits per heavy atom. The Kier molecular flexibility index (Phi) is 6.06. The zero-order valence-corrected chi connectivity index (χ0v) is 16.8. The third kappa shape index (κ3) is 4.63. The van der Waals surface area contributed by atoms with Crippen molar-refractivity contribution in [3.8, 4) is 11.1 Å². The van der Waals surface area contributed by atoms with E-state index in [0.29, 0.717) is 16.1 Å². The zero-order valence-electron chi connectivity index (χ0n) is 15.9. The van der Waals surface area contributed by atoms with E-state index in [1.807, 2.05) is 42.6 Å². The maximum absolute atomic E-state index is 13.0. The van der Waals surface area contributed by atoms with Gasteiger partial charge in [-0.1, -0.05) is 44.2 Å². The number of nitrogens with one attached hydrogen (secondary N) is 1. The van der Waals surface area contributed by atoms with Crippen LogP contribution in [0, 0.1) is 5.92 Å². The van der Waals surface area contributed by atoms with Gasteiger partial charge in [-0.3, -0.25) is 14.2 Å². The largest absolute Gasteiger partial charge is 0.352 e. The molecule has 1 aromatic carbocycles. The monoisotopic (exact) mass is 383 g/mol. The molecule has 3 rings (SSSR count). The fourth-order valence-electron chi connectivity index (χ4n) is 3.04. The normalized spacial score (nSPS) is 12.4. The Bertz CT molecular complexity index is 976. The second-order valence-corrected chi connectivity index (χ2v) is 8.17. The zero-order chi connectivity index (χ0) is 19.4. The molecule has 0 fully saturated rings. The van der Waals surface area contributed by atoms with Crippen LogP contribution in [0.3, 0.4) is 0 Å². The van der Waals surface area contributed by atoms with Crippen molar-refractivity contribution < 1.29 is 4.79 Å². The van der Waals surface area contributed by atoms with E-state index < -0.39 is 0 Å². The maximum Gasteiger partial charge on any atom is 0.263 e. The number of carbonyl (C=O) groups is 1. The first-order valence-corrected chi connectivity index (χ1v) is 10.1. The second kappa shape index (κ2) is 8.48. The summed E-state index contributed by atoms with van der Waals surface area (Å²) in [6.07, 6.45) is 3.46.